The number of carbonyl (C=O) groups excluding carboxylic acids is 3. The van der Waals surface area contributed by atoms with Crippen LogP contribution in [0.3, 0.4) is 0 Å². The SMILES string of the molecule is COC(=O)C1CC(NC(C)=O)CN(C(N)=O)C1. The number of hydrogen-bond donors (Lipinski definition) is 2. The van der Waals surface area contributed by atoms with Crippen LogP contribution in [0.4, 0.5) is 4.79 Å². The average molecular weight is 243 g/mol. The van der Waals surface area contributed by atoms with Gasteiger partial charge in [-0.05, 0) is 6.42 Å². The maximum atomic E-state index is 11.5. The van der Waals surface area contributed by atoms with Gasteiger partial charge in [-0.15, -0.1) is 0 Å². The van der Waals surface area contributed by atoms with Gasteiger partial charge in [-0.2, -0.15) is 0 Å². The molecule has 1 heterocycles. The molecule has 96 valence electrons. The van der Waals surface area contributed by atoms with Crippen LogP contribution in [0.15, 0.2) is 0 Å². The lowest BCUT2D eigenvalue weighted by Gasteiger charge is -2.35. The van der Waals surface area contributed by atoms with Crippen LogP contribution in [0.2, 0.25) is 0 Å². The van der Waals surface area contributed by atoms with Gasteiger partial charge in [-0.3, -0.25) is 9.59 Å². The zero-order valence-electron chi connectivity index (χ0n) is 9.93. The first kappa shape index (κ1) is 13.3. The number of methoxy groups -OCH3 is 1. The van der Waals surface area contributed by atoms with Gasteiger partial charge in [0.1, 0.15) is 0 Å². The molecule has 17 heavy (non-hydrogen) atoms. The minimum atomic E-state index is -0.603. The summed E-state index contributed by atoms with van der Waals surface area (Å²) in [5.41, 5.74) is 5.19. The van der Waals surface area contributed by atoms with E-state index in [1.165, 1.54) is 18.9 Å². The molecule has 0 aromatic carbocycles. The van der Waals surface area contributed by atoms with Crippen molar-refractivity contribution in [3.05, 3.63) is 0 Å². The van der Waals surface area contributed by atoms with Crippen LogP contribution < -0.4 is 11.1 Å². The van der Waals surface area contributed by atoms with Gasteiger partial charge in [0, 0.05) is 26.1 Å². The summed E-state index contributed by atoms with van der Waals surface area (Å²) in [4.78, 5) is 34.9. The van der Waals surface area contributed by atoms with Crippen LogP contribution >= 0.6 is 0 Å². The summed E-state index contributed by atoms with van der Waals surface area (Å²) in [6.07, 6.45) is 0.454. The molecule has 7 heteroatoms. The Morgan fingerprint density at radius 2 is 2.00 bits per heavy atom. The van der Waals surface area contributed by atoms with Crippen molar-refractivity contribution in [3.8, 4) is 0 Å². The average Bonchev–Trinajstić information content (AvgIpc) is 2.26. The van der Waals surface area contributed by atoms with E-state index in [-0.39, 0.29) is 18.5 Å². The molecule has 0 spiro atoms. The predicted octanol–water partition coefficient (Wildman–Crippen LogP) is -0.935. The van der Waals surface area contributed by atoms with Crippen molar-refractivity contribution >= 4 is 17.9 Å². The Morgan fingerprint density at radius 3 is 2.47 bits per heavy atom. The van der Waals surface area contributed by atoms with Crippen LogP contribution in [0.25, 0.3) is 0 Å². The molecule has 0 aliphatic carbocycles. The highest BCUT2D eigenvalue weighted by atomic mass is 16.5. The topological polar surface area (TPSA) is 102 Å². The second-order valence-corrected chi connectivity index (χ2v) is 4.10. The van der Waals surface area contributed by atoms with E-state index in [0.29, 0.717) is 13.0 Å². The summed E-state index contributed by atoms with van der Waals surface area (Å²) in [5, 5.41) is 2.68. The van der Waals surface area contributed by atoms with E-state index in [4.69, 9.17) is 5.73 Å². The maximum Gasteiger partial charge on any atom is 0.314 e. The van der Waals surface area contributed by atoms with Gasteiger partial charge in [0.05, 0.1) is 13.0 Å². The Morgan fingerprint density at radius 1 is 1.35 bits per heavy atom. The minimum Gasteiger partial charge on any atom is -0.469 e. The Kier molecular flexibility index (Phi) is 4.30. The number of amides is 3. The Labute approximate surface area is 99.3 Å². The lowest BCUT2D eigenvalue weighted by molar-refractivity contribution is -0.147. The van der Waals surface area contributed by atoms with Gasteiger partial charge >= 0.3 is 12.0 Å². The zero-order chi connectivity index (χ0) is 13.0. The van der Waals surface area contributed by atoms with Crippen molar-refractivity contribution in [2.45, 2.75) is 19.4 Å². The van der Waals surface area contributed by atoms with E-state index in [2.05, 4.69) is 10.1 Å². The van der Waals surface area contributed by atoms with Gasteiger partial charge < -0.3 is 20.7 Å². The molecule has 1 saturated heterocycles. The molecule has 0 saturated carbocycles. The number of nitrogens with one attached hydrogen (secondary N) is 1. The molecule has 3 amide bonds. The quantitative estimate of drug-likeness (QED) is 0.611. The molecule has 1 rings (SSSR count). The summed E-state index contributed by atoms with van der Waals surface area (Å²) in [6, 6.07) is -0.869. The lowest BCUT2D eigenvalue weighted by atomic mass is 9.94. The van der Waals surface area contributed by atoms with Gasteiger partial charge in [-0.1, -0.05) is 0 Å². The first-order valence-corrected chi connectivity index (χ1v) is 5.33. The minimum absolute atomic E-state index is 0.204. The van der Waals surface area contributed by atoms with E-state index in [9.17, 15) is 14.4 Å². The first-order chi connectivity index (χ1) is 7.93. The molecule has 1 fully saturated rings. The second kappa shape index (κ2) is 5.51. The van der Waals surface area contributed by atoms with E-state index in [1.807, 2.05) is 0 Å². The highest BCUT2D eigenvalue weighted by molar-refractivity contribution is 5.77. The number of urea groups is 1. The van der Waals surface area contributed by atoms with Crippen LogP contribution in [0.1, 0.15) is 13.3 Å². The fourth-order valence-electron chi connectivity index (χ4n) is 2.01. The number of primary amides is 1. The van der Waals surface area contributed by atoms with Crippen molar-refractivity contribution in [2.75, 3.05) is 20.2 Å². The van der Waals surface area contributed by atoms with Crippen LogP contribution in [0, 0.1) is 5.92 Å². The highest BCUT2D eigenvalue weighted by Gasteiger charge is 2.34. The fourth-order valence-corrected chi connectivity index (χ4v) is 2.01. The third-order valence-electron chi connectivity index (χ3n) is 2.70. The van der Waals surface area contributed by atoms with E-state index in [0.717, 1.165) is 0 Å². The van der Waals surface area contributed by atoms with E-state index >= 15 is 0 Å². The van der Waals surface area contributed by atoms with Crippen LogP contribution in [-0.2, 0) is 14.3 Å². The third kappa shape index (κ3) is 3.61. The summed E-state index contributed by atoms with van der Waals surface area (Å²) < 4.78 is 4.64. The predicted molar refractivity (Wildman–Crippen MR) is 58.9 cm³/mol. The molecule has 3 N–H and O–H groups in total. The van der Waals surface area contributed by atoms with Gasteiger partial charge in [0.25, 0.3) is 0 Å². The molecule has 1 aliphatic rings. The number of likely N-dealkylation sites (tertiary alicyclic amines) is 1. The normalized spacial score (nSPS) is 24.0. The summed E-state index contributed by atoms with van der Waals surface area (Å²) in [6.45, 7) is 1.94. The molecule has 2 atom stereocenters. The van der Waals surface area contributed by atoms with Crippen molar-refractivity contribution < 1.29 is 19.1 Å². The first-order valence-electron chi connectivity index (χ1n) is 5.33. The Bertz CT molecular complexity index is 332. The van der Waals surface area contributed by atoms with Crippen molar-refractivity contribution in [1.82, 2.24) is 10.2 Å². The van der Waals surface area contributed by atoms with E-state index in [1.54, 1.807) is 0 Å². The molecule has 1 aliphatic heterocycles. The number of nitrogens with two attached hydrogens (primary N) is 1. The van der Waals surface area contributed by atoms with E-state index < -0.39 is 17.9 Å². The second-order valence-electron chi connectivity index (χ2n) is 4.10. The molecule has 7 nitrogen and oxygen atoms in total. The monoisotopic (exact) mass is 243 g/mol. The summed E-state index contributed by atoms with van der Waals surface area (Å²) >= 11 is 0. The summed E-state index contributed by atoms with van der Waals surface area (Å²) in [7, 11) is 1.29. The largest absolute Gasteiger partial charge is 0.469 e. The van der Waals surface area contributed by atoms with Crippen molar-refractivity contribution in [1.29, 1.82) is 0 Å². The number of piperidine rings is 1. The van der Waals surface area contributed by atoms with Gasteiger partial charge in [-0.25, -0.2) is 4.79 Å². The number of hydrogen-bond acceptors (Lipinski definition) is 4. The number of ether oxygens (including phenoxy) is 1. The Balaban J connectivity index is 2.72. The molecule has 0 bridgehead atoms. The number of esters is 1. The summed E-state index contributed by atoms with van der Waals surface area (Å²) in [5.74, 6) is -1.05. The number of carbonyl (C=O) groups is 3. The van der Waals surface area contributed by atoms with Crippen molar-refractivity contribution in [3.63, 3.8) is 0 Å². The zero-order valence-corrected chi connectivity index (χ0v) is 9.93. The smallest absolute Gasteiger partial charge is 0.314 e. The fraction of sp³-hybridized carbons (Fsp3) is 0.700. The van der Waals surface area contributed by atoms with Gasteiger partial charge in [0.2, 0.25) is 5.91 Å². The van der Waals surface area contributed by atoms with Gasteiger partial charge in [0.15, 0.2) is 0 Å². The Hall–Kier alpha value is -1.79. The van der Waals surface area contributed by atoms with Crippen LogP contribution in [-0.4, -0.2) is 49.0 Å². The lowest BCUT2D eigenvalue weighted by Crippen LogP contribution is -2.55. The van der Waals surface area contributed by atoms with Crippen molar-refractivity contribution in [2.24, 2.45) is 11.7 Å². The number of rotatable bonds is 2. The van der Waals surface area contributed by atoms with Crippen LogP contribution in [0.5, 0.6) is 0 Å². The number of nitrogens with zero attached hydrogens (tertiary/aromatic N) is 1. The molecule has 0 radical (unpaired) electrons. The highest BCUT2D eigenvalue weighted by Crippen LogP contribution is 2.18. The third-order valence-corrected chi connectivity index (χ3v) is 2.70. The molecule has 0 aromatic rings. The molecule has 0 aromatic heterocycles. The molecular weight excluding hydrogens is 226 g/mol. The molecular formula is C10H17N3O4. The maximum absolute atomic E-state index is 11.5. The standard InChI is InChI=1S/C10H17N3O4/c1-6(14)12-8-3-7(9(15)17-2)4-13(5-8)10(11)16/h7-8H,3-5H2,1-2H3,(H2,11,16)(H,12,14). The molecule has 2 unspecified atom stereocenters.